The van der Waals surface area contributed by atoms with Crippen LogP contribution in [-0.2, 0) is 0 Å². The van der Waals surface area contributed by atoms with Crippen LogP contribution in [0.5, 0.6) is 0 Å². The van der Waals surface area contributed by atoms with Gasteiger partial charge in [-0.3, -0.25) is 4.90 Å². The van der Waals surface area contributed by atoms with E-state index < -0.39 is 0 Å². The molecular formula is C16H25FN2. The Balaban J connectivity index is 2.17. The van der Waals surface area contributed by atoms with E-state index in [-0.39, 0.29) is 11.9 Å². The summed E-state index contributed by atoms with van der Waals surface area (Å²) in [5, 5.41) is 0. The largest absolute Gasteiger partial charge is 0.329 e. The number of nitrogens with two attached hydrogens (primary N) is 1. The maximum absolute atomic E-state index is 13.5. The van der Waals surface area contributed by atoms with Crippen molar-refractivity contribution in [2.45, 2.75) is 39.2 Å². The lowest BCUT2D eigenvalue weighted by Crippen LogP contribution is -2.39. The van der Waals surface area contributed by atoms with Crippen molar-refractivity contribution in [2.75, 3.05) is 19.6 Å². The summed E-state index contributed by atoms with van der Waals surface area (Å²) in [5.41, 5.74) is 8.14. The van der Waals surface area contributed by atoms with E-state index >= 15 is 0 Å². The van der Waals surface area contributed by atoms with E-state index in [9.17, 15) is 4.39 Å². The van der Waals surface area contributed by atoms with Crippen LogP contribution in [0.25, 0.3) is 0 Å². The molecule has 1 aliphatic carbocycles. The first kappa shape index (κ1) is 14.5. The molecule has 1 aromatic rings. The van der Waals surface area contributed by atoms with Crippen molar-refractivity contribution in [3.63, 3.8) is 0 Å². The Bertz CT molecular complexity index is 415. The first-order valence-electron chi connectivity index (χ1n) is 7.35. The molecule has 3 heteroatoms. The Hall–Kier alpha value is -0.930. The van der Waals surface area contributed by atoms with Gasteiger partial charge in [-0.1, -0.05) is 19.4 Å². The third-order valence-corrected chi connectivity index (χ3v) is 4.39. The predicted octanol–water partition coefficient (Wildman–Crippen LogP) is 3.26. The summed E-state index contributed by atoms with van der Waals surface area (Å²) in [6, 6.07) is 5.16. The Morgan fingerprint density at radius 2 is 2.16 bits per heavy atom. The first-order chi connectivity index (χ1) is 9.15. The molecule has 1 aliphatic rings. The minimum Gasteiger partial charge on any atom is -0.329 e. The first-order valence-corrected chi connectivity index (χ1v) is 7.35. The molecule has 0 heterocycles. The molecule has 0 aromatic heterocycles. The monoisotopic (exact) mass is 264 g/mol. The van der Waals surface area contributed by atoms with E-state index in [1.54, 1.807) is 6.07 Å². The summed E-state index contributed by atoms with van der Waals surface area (Å²) in [6.45, 7) is 6.80. The summed E-state index contributed by atoms with van der Waals surface area (Å²) in [5.74, 6) is 0.640. The van der Waals surface area contributed by atoms with Crippen LogP contribution in [0.15, 0.2) is 18.2 Å². The zero-order valence-corrected chi connectivity index (χ0v) is 12.0. The Kier molecular flexibility index (Phi) is 4.94. The Morgan fingerprint density at radius 3 is 2.68 bits per heavy atom. The van der Waals surface area contributed by atoms with Crippen molar-refractivity contribution in [3.05, 3.63) is 35.1 Å². The third-order valence-electron chi connectivity index (χ3n) is 4.39. The minimum absolute atomic E-state index is 0.140. The zero-order valence-electron chi connectivity index (χ0n) is 12.0. The normalized spacial score (nSPS) is 17.5. The molecule has 1 unspecified atom stereocenters. The molecular weight excluding hydrogens is 239 g/mol. The molecule has 0 amide bonds. The van der Waals surface area contributed by atoms with Crippen molar-refractivity contribution in [1.29, 1.82) is 0 Å². The topological polar surface area (TPSA) is 29.3 Å². The fourth-order valence-electron chi connectivity index (χ4n) is 2.93. The molecule has 1 atom stereocenters. The van der Waals surface area contributed by atoms with Crippen LogP contribution in [0.3, 0.4) is 0 Å². The molecule has 0 spiro atoms. The van der Waals surface area contributed by atoms with Crippen LogP contribution < -0.4 is 5.73 Å². The van der Waals surface area contributed by atoms with Crippen molar-refractivity contribution in [1.82, 2.24) is 4.90 Å². The molecule has 2 nitrogen and oxygen atoms in total. The molecule has 0 aliphatic heterocycles. The van der Waals surface area contributed by atoms with Gasteiger partial charge < -0.3 is 5.73 Å². The maximum atomic E-state index is 13.5. The van der Waals surface area contributed by atoms with Gasteiger partial charge in [-0.2, -0.15) is 0 Å². The molecule has 0 saturated heterocycles. The van der Waals surface area contributed by atoms with E-state index in [1.165, 1.54) is 25.3 Å². The molecule has 2 rings (SSSR count). The number of halogens is 1. The lowest BCUT2D eigenvalue weighted by molar-refractivity contribution is 0.141. The van der Waals surface area contributed by atoms with Crippen molar-refractivity contribution in [2.24, 2.45) is 11.7 Å². The fraction of sp³-hybridized carbons (Fsp3) is 0.625. The van der Waals surface area contributed by atoms with E-state index in [0.29, 0.717) is 6.54 Å². The number of rotatable bonds is 6. The number of aryl methyl sites for hydroxylation is 1. The summed E-state index contributed by atoms with van der Waals surface area (Å²) >= 11 is 0. The Morgan fingerprint density at radius 1 is 1.42 bits per heavy atom. The minimum atomic E-state index is -0.168. The fourth-order valence-corrected chi connectivity index (χ4v) is 2.93. The van der Waals surface area contributed by atoms with Crippen LogP contribution in [0.2, 0.25) is 0 Å². The van der Waals surface area contributed by atoms with E-state index in [2.05, 4.69) is 11.8 Å². The summed E-state index contributed by atoms with van der Waals surface area (Å²) in [4.78, 5) is 2.41. The van der Waals surface area contributed by atoms with Gasteiger partial charge in [0.2, 0.25) is 0 Å². The highest BCUT2D eigenvalue weighted by molar-refractivity contribution is 5.30. The van der Waals surface area contributed by atoms with E-state index in [4.69, 9.17) is 5.73 Å². The van der Waals surface area contributed by atoms with Gasteiger partial charge in [-0.15, -0.1) is 0 Å². The van der Waals surface area contributed by atoms with Crippen LogP contribution in [-0.4, -0.2) is 24.5 Å². The molecule has 0 bridgehead atoms. The lowest BCUT2D eigenvalue weighted by Gasteiger charge is -2.37. The average Bonchev–Trinajstić information content (AvgIpc) is 2.35. The number of hydrogen-bond acceptors (Lipinski definition) is 2. The average molecular weight is 264 g/mol. The highest BCUT2D eigenvalue weighted by Gasteiger charge is 2.25. The van der Waals surface area contributed by atoms with Gasteiger partial charge in [0.1, 0.15) is 5.82 Å². The number of nitrogens with zero attached hydrogens (tertiary/aromatic N) is 1. The van der Waals surface area contributed by atoms with Gasteiger partial charge >= 0.3 is 0 Å². The summed E-state index contributed by atoms with van der Waals surface area (Å²) in [7, 11) is 0. The number of benzene rings is 1. The molecule has 2 N–H and O–H groups in total. The molecule has 1 fully saturated rings. The summed E-state index contributed by atoms with van der Waals surface area (Å²) < 4.78 is 13.5. The van der Waals surface area contributed by atoms with Crippen molar-refractivity contribution >= 4 is 0 Å². The standard InChI is InChI=1S/C16H25FN2/c1-3-19(11-13-5-4-6-13)16(10-18)15-9-14(17)8-7-12(15)2/h7-9,13,16H,3-6,10-11,18H2,1-2H3. The van der Waals surface area contributed by atoms with Crippen LogP contribution in [0, 0.1) is 18.7 Å². The lowest BCUT2D eigenvalue weighted by atomic mass is 9.84. The van der Waals surface area contributed by atoms with Crippen LogP contribution >= 0.6 is 0 Å². The molecule has 0 radical (unpaired) electrons. The van der Waals surface area contributed by atoms with Crippen LogP contribution in [0.4, 0.5) is 4.39 Å². The second kappa shape index (κ2) is 6.49. The van der Waals surface area contributed by atoms with Crippen molar-refractivity contribution in [3.8, 4) is 0 Å². The highest BCUT2D eigenvalue weighted by atomic mass is 19.1. The number of likely N-dealkylation sites (N-methyl/N-ethyl adjacent to an activating group) is 1. The molecule has 106 valence electrons. The van der Waals surface area contributed by atoms with Gasteiger partial charge in [-0.05, 0) is 55.5 Å². The molecule has 1 aromatic carbocycles. The van der Waals surface area contributed by atoms with Gasteiger partial charge in [0.05, 0.1) is 0 Å². The smallest absolute Gasteiger partial charge is 0.123 e. The second-order valence-electron chi connectivity index (χ2n) is 5.64. The van der Waals surface area contributed by atoms with Crippen molar-refractivity contribution < 1.29 is 4.39 Å². The van der Waals surface area contributed by atoms with E-state index in [0.717, 1.165) is 30.1 Å². The quantitative estimate of drug-likeness (QED) is 0.854. The predicted molar refractivity (Wildman–Crippen MR) is 77.5 cm³/mol. The zero-order chi connectivity index (χ0) is 13.8. The Labute approximate surface area is 115 Å². The van der Waals surface area contributed by atoms with Gasteiger partial charge in [0.15, 0.2) is 0 Å². The van der Waals surface area contributed by atoms with Crippen LogP contribution in [0.1, 0.15) is 43.4 Å². The maximum Gasteiger partial charge on any atom is 0.123 e. The number of hydrogen-bond donors (Lipinski definition) is 1. The SMILES string of the molecule is CCN(CC1CCC1)C(CN)c1cc(F)ccc1C. The summed E-state index contributed by atoms with van der Waals surface area (Å²) in [6.07, 6.45) is 4.01. The van der Waals surface area contributed by atoms with Gasteiger partial charge in [0.25, 0.3) is 0 Å². The van der Waals surface area contributed by atoms with Gasteiger partial charge in [-0.25, -0.2) is 4.39 Å². The molecule has 1 saturated carbocycles. The third kappa shape index (κ3) is 3.34. The van der Waals surface area contributed by atoms with Gasteiger partial charge in [0, 0.05) is 19.1 Å². The second-order valence-corrected chi connectivity index (χ2v) is 5.64. The van der Waals surface area contributed by atoms with E-state index in [1.807, 2.05) is 13.0 Å². The highest BCUT2D eigenvalue weighted by Crippen LogP contribution is 2.31. The molecule has 19 heavy (non-hydrogen) atoms.